The SMILES string of the molecule is COCCOCC(=O)N(C)c1ccc2c(c1)N(Cc1cnc[nH]1)CC2. The highest BCUT2D eigenvalue weighted by molar-refractivity contribution is 5.94. The molecular weight excluding hydrogens is 320 g/mol. The van der Waals surface area contributed by atoms with E-state index >= 15 is 0 Å². The maximum Gasteiger partial charge on any atom is 0.252 e. The summed E-state index contributed by atoms with van der Waals surface area (Å²) in [4.78, 5) is 23.4. The number of methoxy groups -OCH3 is 1. The molecule has 1 aliphatic heterocycles. The molecule has 25 heavy (non-hydrogen) atoms. The Labute approximate surface area is 147 Å². The van der Waals surface area contributed by atoms with Crippen molar-refractivity contribution in [2.45, 2.75) is 13.0 Å². The van der Waals surface area contributed by atoms with Gasteiger partial charge in [-0.1, -0.05) is 6.07 Å². The van der Waals surface area contributed by atoms with Crippen molar-refractivity contribution in [2.75, 3.05) is 50.3 Å². The number of nitrogens with zero attached hydrogens (tertiary/aromatic N) is 3. The molecule has 2 heterocycles. The highest BCUT2D eigenvalue weighted by Gasteiger charge is 2.21. The standard InChI is InChI=1S/C18H24N4O3/c1-21(18(23)12-25-8-7-24-2)16-4-3-14-5-6-22(17(14)9-16)11-15-10-19-13-20-15/h3-4,9-10,13H,5-8,11-12H2,1-2H3,(H,19,20). The summed E-state index contributed by atoms with van der Waals surface area (Å²) in [5.74, 6) is -0.0748. The number of hydrogen-bond donors (Lipinski definition) is 1. The summed E-state index contributed by atoms with van der Waals surface area (Å²) in [7, 11) is 3.38. The lowest BCUT2D eigenvalue weighted by atomic mass is 10.1. The monoisotopic (exact) mass is 344 g/mol. The van der Waals surface area contributed by atoms with Crippen LogP contribution in [0.1, 0.15) is 11.3 Å². The Morgan fingerprint density at radius 2 is 2.28 bits per heavy atom. The number of aromatic amines is 1. The second-order valence-corrected chi connectivity index (χ2v) is 6.06. The van der Waals surface area contributed by atoms with Crippen molar-refractivity contribution in [2.24, 2.45) is 0 Å². The van der Waals surface area contributed by atoms with Crippen molar-refractivity contribution >= 4 is 17.3 Å². The Bertz CT molecular complexity index is 702. The van der Waals surface area contributed by atoms with E-state index in [-0.39, 0.29) is 12.5 Å². The number of likely N-dealkylation sites (N-methyl/N-ethyl adjacent to an activating group) is 1. The zero-order valence-corrected chi connectivity index (χ0v) is 14.7. The van der Waals surface area contributed by atoms with Gasteiger partial charge in [0, 0.05) is 38.3 Å². The van der Waals surface area contributed by atoms with E-state index in [1.165, 1.54) is 11.3 Å². The number of amides is 1. The molecule has 0 radical (unpaired) electrons. The van der Waals surface area contributed by atoms with E-state index in [1.807, 2.05) is 12.3 Å². The first kappa shape index (κ1) is 17.4. The van der Waals surface area contributed by atoms with Crippen LogP contribution in [0.25, 0.3) is 0 Å². The van der Waals surface area contributed by atoms with Crippen LogP contribution in [0.15, 0.2) is 30.7 Å². The lowest BCUT2D eigenvalue weighted by Gasteiger charge is -2.22. The van der Waals surface area contributed by atoms with E-state index < -0.39 is 0 Å². The van der Waals surface area contributed by atoms with Crippen LogP contribution in [-0.4, -0.2) is 56.4 Å². The van der Waals surface area contributed by atoms with Crippen LogP contribution in [0.4, 0.5) is 11.4 Å². The van der Waals surface area contributed by atoms with Crippen LogP contribution in [0, 0.1) is 0 Å². The molecule has 1 aromatic carbocycles. The molecule has 3 rings (SSSR count). The first-order valence-corrected chi connectivity index (χ1v) is 8.37. The molecule has 1 aliphatic rings. The van der Waals surface area contributed by atoms with Crippen molar-refractivity contribution in [3.05, 3.63) is 42.0 Å². The van der Waals surface area contributed by atoms with E-state index in [1.54, 1.807) is 25.4 Å². The molecular formula is C18H24N4O3. The lowest BCUT2D eigenvalue weighted by Crippen LogP contribution is -2.30. The molecule has 0 bridgehead atoms. The third kappa shape index (κ3) is 4.18. The van der Waals surface area contributed by atoms with Crippen molar-refractivity contribution in [3.8, 4) is 0 Å². The predicted molar refractivity (Wildman–Crippen MR) is 95.9 cm³/mol. The summed E-state index contributed by atoms with van der Waals surface area (Å²) in [6.07, 6.45) is 4.55. The van der Waals surface area contributed by atoms with E-state index in [0.717, 1.165) is 30.9 Å². The van der Waals surface area contributed by atoms with Crippen LogP contribution in [-0.2, 0) is 27.2 Å². The fourth-order valence-electron chi connectivity index (χ4n) is 2.93. The Hall–Kier alpha value is -2.38. The van der Waals surface area contributed by atoms with Gasteiger partial charge in [0.15, 0.2) is 0 Å². The van der Waals surface area contributed by atoms with Gasteiger partial charge >= 0.3 is 0 Å². The van der Waals surface area contributed by atoms with E-state index in [2.05, 4.69) is 27.0 Å². The maximum atomic E-state index is 12.3. The minimum absolute atomic E-state index is 0.0504. The quantitative estimate of drug-likeness (QED) is 0.737. The maximum absolute atomic E-state index is 12.3. The largest absolute Gasteiger partial charge is 0.382 e. The molecule has 0 saturated carbocycles. The minimum atomic E-state index is -0.0748. The van der Waals surface area contributed by atoms with Crippen molar-refractivity contribution in [1.82, 2.24) is 9.97 Å². The molecule has 2 aromatic rings. The molecule has 7 nitrogen and oxygen atoms in total. The van der Waals surface area contributed by atoms with Crippen molar-refractivity contribution in [1.29, 1.82) is 0 Å². The van der Waals surface area contributed by atoms with Gasteiger partial charge in [-0.3, -0.25) is 4.79 Å². The Balaban J connectivity index is 1.66. The molecule has 0 aliphatic carbocycles. The molecule has 0 saturated heterocycles. The molecule has 0 spiro atoms. The molecule has 1 amide bonds. The highest BCUT2D eigenvalue weighted by atomic mass is 16.5. The summed E-state index contributed by atoms with van der Waals surface area (Å²) in [5.41, 5.74) is 4.43. The van der Waals surface area contributed by atoms with Crippen molar-refractivity contribution < 1.29 is 14.3 Å². The molecule has 7 heteroatoms. The number of benzene rings is 1. The van der Waals surface area contributed by atoms with E-state index in [9.17, 15) is 4.79 Å². The van der Waals surface area contributed by atoms with Crippen LogP contribution < -0.4 is 9.80 Å². The minimum Gasteiger partial charge on any atom is -0.382 e. The van der Waals surface area contributed by atoms with Gasteiger partial charge in [0.05, 0.1) is 31.8 Å². The number of hydrogen-bond acceptors (Lipinski definition) is 5. The third-order valence-electron chi connectivity index (χ3n) is 4.40. The first-order valence-electron chi connectivity index (χ1n) is 8.37. The summed E-state index contributed by atoms with van der Waals surface area (Å²) in [6, 6.07) is 6.17. The Morgan fingerprint density at radius 1 is 1.40 bits per heavy atom. The van der Waals surface area contributed by atoms with Gasteiger partial charge in [-0.05, 0) is 24.1 Å². The number of nitrogens with one attached hydrogen (secondary N) is 1. The number of anilines is 2. The number of rotatable bonds is 8. The van der Waals surface area contributed by atoms with Gasteiger partial charge in [0.2, 0.25) is 0 Å². The average molecular weight is 344 g/mol. The summed E-state index contributed by atoms with van der Waals surface area (Å²) >= 11 is 0. The number of imidazole rings is 1. The fourth-order valence-corrected chi connectivity index (χ4v) is 2.93. The normalized spacial score (nSPS) is 13.1. The molecule has 1 aromatic heterocycles. The number of aromatic nitrogens is 2. The zero-order valence-electron chi connectivity index (χ0n) is 14.7. The third-order valence-corrected chi connectivity index (χ3v) is 4.40. The summed E-state index contributed by atoms with van der Waals surface area (Å²) in [6.45, 7) is 2.70. The Kier molecular flexibility index (Phi) is 5.67. The number of H-pyrrole nitrogens is 1. The highest BCUT2D eigenvalue weighted by Crippen LogP contribution is 2.32. The molecule has 0 atom stereocenters. The fraction of sp³-hybridized carbons (Fsp3) is 0.444. The van der Waals surface area contributed by atoms with Gasteiger partial charge < -0.3 is 24.3 Å². The van der Waals surface area contributed by atoms with Crippen LogP contribution in [0.2, 0.25) is 0 Å². The number of carbonyl (C=O) groups is 1. The van der Waals surface area contributed by atoms with Crippen molar-refractivity contribution in [3.63, 3.8) is 0 Å². The van der Waals surface area contributed by atoms with E-state index in [4.69, 9.17) is 9.47 Å². The number of carbonyl (C=O) groups excluding carboxylic acids is 1. The van der Waals surface area contributed by atoms with Crippen LogP contribution >= 0.6 is 0 Å². The molecule has 1 N–H and O–H groups in total. The number of ether oxygens (including phenoxy) is 2. The average Bonchev–Trinajstić information content (AvgIpc) is 3.28. The Morgan fingerprint density at radius 3 is 3.04 bits per heavy atom. The number of fused-ring (bicyclic) bond motifs is 1. The molecule has 0 fully saturated rings. The summed E-state index contributed by atoms with van der Waals surface area (Å²) in [5, 5.41) is 0. The van der Waals surface area contributed by atoms with Gasteiger partial charge in [0.25, 0.3) is 5.91 Å². The lowest BCUT2D eigenvalue weighted by molar-refractivity contribution is -0.123. The van der Waals surface area contributed by atoms with Crippen LogP contribution in [0.3, 0.4) is 0 Å². The predicted octanol–water partition coefficient (Wildman–Crippen LogP) is 1.60. The smallest absolute Gasteiger partial charge is 0.252 e. The van der Waals surface area contributed by atoms with Gasteiger partial charge in [-0.2, -0.15) is 0 Å². The topological polar surface area (TPSA) is 70.7 Å². The second kappa shape index (κ2) is 8.13. The molecule has 134 valence electrons. The van der Waals surface area contributed by atoms with Gasteiger partial charge in [-0.25, -0.2) is 4.98 Å². The summed E-state index contributed by atoms with van der Waals surface area (Å²) < 4.78 is 10.2. The zero-order chi connectivity index (χ0) is 17.6. The van der Waals surface area contributed by atoms with Gasteiger partial charge in [-0.15, -0.1) is 0 Å². The molecule has 0 unspecified atom stereocenters. The second-order valence-electron chi connectivity index (χ2n) is 6.06. The van der Waals surface area contributed by atoms with E-state index in [0.29, 0.717) is 13.2 Å². The van der Waals surface area contributed by atoms with Crippen LogP contribution in [0.5, 0.6) is 0 Å². The van der Waals surface area contributed by atoms with Gasteiger partial charge in [0.1, 0.15) is 6.61 Å². The first-order chi connectivity index (χ1) is 12.2.